The number of unbranched alkanes of at least 4 members (excludes halogenated alkanes) is 10. The molecule has 0 saturated heterocycles. The molecular formula is C16H29ClO2. The molecule has 0 rings (SSSR count). The average molecular weight is 289 g/mol. The average Bonchev–Trinajstić information content (AvgIpc) is 2.39. The zero-order valence-corrected chi connectivity index (χ0v) is 13.1. The minimum atomic E-state index is -0.492. The number of hydrogen-bond acceptors (Lipinski definition) is 2. The van der Waals surface area contributed by atoms with Gasteiger partial charge in [-0.25, -0.2) is 4.79 Å². The molecule has 0 aromatic rings. The van der Waals surface area contributed by atoms with E-state index in [9.17, 15) is 4.79 Å². The third kappa shape index (κ3) is 13.7. The lowest BCUT2D eigenvalue weighted by Crippen LogP contribution is -2.04. The number of halogens is 1. The third-order valence-electron chi connectivity index (χ3n) is 3.20. The van der Waals surface area contributed by atoms with E-state index in [-0.39, 0.29) is 5.03 Å². The van der Waals surface area contributed by atoms with Crippen molar-refractivity contribution in [3.8, 4) is 0 Å². The van der Waals surface area contributed by atoms with Gasteiger partial charge in [0, 0.05) is 0 Å². The van der Waals surface area contributed by atoms with Crippen LogP contribution in [0.15, 0.2) is 11.6 Å². The highest BCUT2D eigenvalue weighted by molar-refractivity contribution is 6.40. The predicted octanol–water partition coefficient (Wildman–Crippen LogP) is 5.59. The van der Waals surface area contributed by atoms with Crippen LogP contribution in [0.5, 0.6) is 0 Å². The highest BCUT2D eigenvalue weighted by Crippen LogP contribution is 2.11. The summed E-state index contributed by atoms with van der Waals surface area (Å²) in [6.07, 6.45) is 14.2. The lowest BCUT2D eigenvalue weighted by molar-refractivity contribution is -0.138. The Hall–Kier alpha value is -0.500. The molecule has 3 heteroatoms. The van der Waals surface area contributed by atoms with Gasteiger partial charge in [-0.3, -0.25) is 0 Å². The molecule has 0 aliphatic carbocycles. The smallest absolute Gasteiger partial charge is 0.349 e. The molecule has 0 heterocycles. The minimum Gasteiger partial charge on any atom is -0.461 e. The molecule has 2 nitrogen and oxygen atoms in total. The fourth-order valence-electron chi connectivity index (χ4n) is 2.01. The molecule has 0 atom stereocenters. The molecule has 0 aliphatic rings. The standard InChI is InChI=1S/C16H29ClO2/c1-3-4-5-6-7-8-9-10-11-12-13-14-19-16(18)15(2)17/h2-14H2,1H3. The first kappa shape index (κ1) is 18.5. The number of hydrogen-bond donors (Lipinski definition) is 0. The minimum absolute atomic E-state index is 0.0388. The van der Waals surface area contributed by atoms with Gasteiger partial charge in [-0.05, 0) is 6.42 Å². The SMILES string of the molecule is C=C(Cl)C(=O)OCCCCCCCCCCCCC. The van der Waals surface area contributed by atoms with Crippen molar-refractivity contribution < 1.29 is 9.53 Å². The first-order chi connectivity index (χ1) is 9.18. The Morgan fingerprint density at radius 1 is 0.895 bits per heavy atom. The molecule has 0 unspecified atom stereocenters. The monoisotopic (exact) mass is 288 g/mol. The van der Waals surface area contributed by atoms with Gasteiger partial charge in [-0.15, -0.1) is 0 Å². The van der Waals surface area contributed by atoms with Crippen molar-refractivity contribution >= 4 is 17.6 Å². The van der Waals surface area contributed by atoms with Crippen LogP contribution < -0.4 is 0 Å². The largest absolute Gasteiger partial charge is 0.461 e. The summed E-state index contributed by atoms with van der Waals surface area (Å²) in [6, 6.07) is 0. The zero-order chi connectivity index (χ0) is 14.3. The van der Waals surface area contributed by atoms with Crippen LogP contribution in [-0.2, 0) is 9.53 Å². The molecule has 0 fully saturated rings. The molecule has 0 bridgehead atoms. The summed E-state index contributed by atoms with van der Waals surface area (Å²) in [6.45, 7) is 6.03. The van der Waals surface area contributed by atoms with E-state index < -0.39 is 5.97 Å². The Bertz CT molecular complexity index is 239. The van der Waals surface area contributed by atoms with E-state index in [0.717, 1.165) is 12.8 Å². The normalized spacial score (nSPS) is 10.4. The van der Waals surface area contributed by atoms with Crippen molar-refractivity contribution in [2.75, 3.05) is 6.61 Å². The summed E-state index contributed by atoms with van der Waals surface area (Å²) in [5.74, 6) is -0.492. The van der Waals surface area contributed by atoms with Crippen LogP contribution >= 0.6 is 11.6 Å². The number of carbonyl (C=O) groups excluding carboxylic acids is 1. The Kier molecular flexibility index (Phi) is 13.6. The summed E-state index contributed by atoms with van der Waals surface area (Å²) < 4.78 is 4.92. The first-order valence-corrected chi connectivity index (χ1v) is 8.07. The summed E-state index contributed by atoms with van der Waals surface area (Å²) >= 11 is 5.40. The molecule has 112 valence electrons. The fraction of sp³-hybridized carbons (Fsp3) is 0.812. The number of carbonyl (C=O) groups is 1. The summed E-state index contributed by atoms with van der Waals surface area (Å²) in [5.41, 5.74) is 0. The van der Waals surface area contributed by atoms with Crippen LogP contribution in [0.2, 0.25) is 0 Å². The van der Waals surface area contributed by atoms with E-state index in [2.05, 4.69) is 13.5 Å². The Balaban J connectivity index is 3.07. The van der Waals surface area contributed by atoms with Crippen LogP contribution in [0.25, 0.3) is 0 Å². The van der Waals surface area contributed by atoms with Crippen molar-refractivity contribution in [1.29, 1.82) is 0 Å². The van der Waals surface area contributed by atoms with Crippen LogP contribution in [0.3, 0.4) is 0 Å². The Labute approximate surface area is 123 Å². The van der Waals surface area contributed by atoms with E-state index in [0.29, 0.717) is 6.61 Å². The van der Waals surface area contributed by atoms with E-state index in [1.807, 2.05) is 0 Å². The maximum absolute atomic E-state index is 11.0. The summed E-state index contributed by atoms with van der Waals surface area (Å²) in [4.78, 5) is 11.0. The molecular weight excluding hydrogens is 260 g/mol. The van der Waals surface area contributed by atoms with Crippen molar-refractivity contribution in [1.82, 2.24) is 0 Å². The van der Waals surface area contributed by atoms with E-state index >= 15 is 0 Å². The van der Waals surface area contributed by atoms with Gasteiger partial charge in [0.25, 0.3) is 0 Å². The molecule has 0 radical (unpaired) electrons. The van der Waals surface area contributed by atoms with Crippen LogP contribution in [0.1, 0.15) is 77.6 Å². The lowest BCUT2D eigenvalue weighted by Gasteiger charge is -2.04. The van der Waals surface area contributed by atoms with Crippen LogP contribution in [-0.4, -0.2) is 12.6 Å². The van der Waals surface area contributed by atoms with Crippen molar-refractivity contribution in [2.24, 2.45) is 0 Å². The third-order valence-corrected chi connectivity index (χ3v) is 3.36. The Morgan fingerprint density at radius 3 is 1.74 bits per heavy atom. The van der Waals surface area contributed by atoms with Gasteiger partial charge in [0.15, 0.2) is 0 Å². The molecule has 0 aromatic carbocycles. The second-order valence-electron chi connectivity index (χ2n) is 5.08. The maximum Gasteiger partial charge on any atom is 0.349 e. The van der Waals surface area contributed by atoms with Crippen molar-refractivity contribution in [3.63, 3.8) is 0 Å². The van der Waals surface area contributed by atoms with Crippen LogP contribution in [0.4, 0.5) is 0 Å². The van der Waals surface area contributed by atoms with Gasteiger partial charge in [0.2, 0.25) is 0 Å². The van der Waals surface area contributed by atoms with Gasteiger partial charge in [0.05, 0.1) is 6.61 Å². The van der Waals surface area contributed by atoms with Crippen LogP contribution in [0, 0.1) is 0 Å². The fourth-order valence-corrected chi connectivity index (χ4v) is 2.06. The van der Waals surface area contributed by atoms with Gasteiger partial charge >= 0.3 is 5.97 Å². The summed E-state index contributed by atoms with van der Waals surface area (Å²) in [5, 5.41) is -0.0388. The Morgan fingerprint density at radius 2 is 1.32 bits per heavy atom. The highest BCUT2D eigenvalue weighted by Gasteiger charge is 2.03. The van der Waals surface area contributed by atoms with E-state index in [1.54, 1.807) is 0 Å². The molecule has 0 aromatic heterocycles. The second kappa shape index (κ2) is 13.9. The predicted molar refractivity (Wildman–Crippen MR) is 82.4 cm³/mol. The van der Waals surface area contributed by atoms with Gasteiger partial charge in [-0.2, -0.15) is 0 Å². The van der Waals surface area contributed by atoms with Gasteiger partial charge in [0.1, 0.15) is 5.03 Å². The topological polar surface area (TPSA) is 26.3 Å². The van der Waals surface area contributed by atoms with Gasteiger partial charge in [-0.1, -0.05) is 89.3 Å². The number of esters is 1. The quantitative estimate of drug-likeness (QED) is 0.251. The zero-order valence-electron chi connectivity index (χ0n) is 12.4. The molecule has 19 heavy (non-hydrogen) atoms. The highest BCUT2D eigenvalue weighted by atomic mass is 35.5. The molecule has 0 saturated carbocycles. The lowest BCUT2D eigenvalue weighted by atomic mass is 10.1. The number of rotatable bonds is 13. The molecule has 0 spiro atoms. The second-order valence-corrected chi connectivity index (χ2v) is 5.53. The molecule has 0 N–H and O–H groups in total. The van der Waals surface area contributed by atoms with E-state index in [4.69, 9.17) is 16.3 Å². The van der Waals surface area contributed by atoms with Crippen molar-refractivity contribution in [2.45, 2.75) is 77.6 Å². The summed E-state index contributed by atoms with van der Waals surface area (Å²) in [7, 11) is 0. The molecule has 0 aliphatic heterocycles. The van der Waals surface area contributed by atoms with Gasteiger partial charge < -0.3 is 4.74 Å². The van der Waals surface area contributed by atoms with E-state index in [1.165, 1.54) is 57.8 Å². The first-order valence-electron chi connectivity index (χ1n) is 7.70. The molecule has 0 amide bonds. The van der Waals surface area contributed by atoms with Crippen molar-refractivity contribution in [3.05, 3.63) is 11.6 Å². The maximum atomic E-state index is 11.0. The number of ether oxygens (including phenoxy) is 1.